The Labute approximate surface area is 124 Å². The number of carbonyl (C=O) groups is 1. The fourth-order valence-electron chi connectivity index (χ4n) is 2.48. The number of hydrogen-bond acceptors (Lipinski definition) is 3. The second-order valence-corrected chi connectivity index (χ2v) is 6.46. The van der Waals surface area contributed by atoms with E-state index < -0.39 is 0 Å². The number of hydrogen-bond donors (Lipinski definition) is 0. The van der Waals surface area contributed by atoms with Gasteiger partial charge in [-0.1, -0.05) is 6.07 Å². The minimum absolute atomic E-state index is 0.0738. The molecule has 3 nitrogen and oxygen atoms in total. The van der Waals surface area contributed by atoms with Crippen molar-refractivity contribution in [2.45, 2.75) is 18.9 Å². The Kier molecular flexibility index (Phi) is 3.66. The molecule has 19 heavy (non-hydrogen) atoms. The number of carbonyl (C=O) groups excluding carboxylic acids is 1. The van der Waals surface area contributed by atoms with Crippen molar-refractivity contribution >= 4 is 33.2 Å². The Bertz CT molecular complexity index is 585. The van der Waals surface area contributed by atoms with Crippen LogP contribution in [0.2, 0.25) is 0 Å². The molecule has 1 aliphatic rings. The summed E-state index contributed by atoms with van der Waals surface area (Å²) >= 11 is 5.08. The molecular formula is C14H13BrN2OS. The molecule has 1 saturated heterocycles. The second kappa shape index (κ2) is 5.43. The molecule has 3 heterocycles. The number of halogens is 1. The Balaban J connectivity index is 1.87. The van der Waals surface area contributed by atoms with Gasteiger partial charge in [0, 0.05) is 28.3 Å². The summed E-state index contributed by atoms with van der Waals surface area (Å²) in [5, 5.41) is 2.07. The standard InChI is InChI=1S/C14H13BrN2OS/c15-11-7-10(8-16-9-11)14(18)17-5-1-3-12(17)13-4-2-6-19-13/h2,4,6-9,12H,1,3,5H2/t12-/m1/s1. The summed E-state index contributed by atoms with van der Waals surface area (Å²) in [4.78, 5) is 19.9. The maximum atomic E-state index is 12.6. The molecule has 0 unspecified atom stereocenters. The van der Waals surface area contributed by atoms with E-state index in [1.54, 1.807) is 23.7 Å². The first kappa shape index (κ1) is 12.8. The lowest BCUT2D eigenvalue weighted by Crippen LogP contribution is -2.30. The van der Waals surface area contributed by atoms with Crippen LogP contribution in [-0.4, -0.2) is 22.3 Å². The lowest BCUT2D eigenvalue weighted by atomic mass is 10.1. The van der Waals surface area contributed by atoms with E-state index in [2.05, 4.69) is 32.4 Å². The van der Waals surface area contributed by atoms with Gasteiger partial charge in [-0.2, -0.15) is 0 Å². The number of pyridine rings is 1. The first-order valence-corrected chi connectivity index (χ1v) is 7.88. The van der Waals surface area contributed by atoms with Crippen molar-refractivity contribution < 1.29 is 4.79 Å². The SMILES string of the molecule is O=C(c1cncc(Br)c1)N1CCC[C@@H]1c1cccs1. The highest BCUT2D eigenvalue weighted by Crippen LogP contribution is 2.35. The molecule has 2 aromatic heterocycles. The van der Waals surface area contributed by atoms with Gasteiger partial charge in [-0.25, -0.2) is 0 Å². The van der Waals surface area contributed by atoms with E-state index in [9.17, 15) is 4.79 Å². The number of amides is 1. The fourth-order valence-corrected chi connectivity index (χ4v) is 3.72. The maximum Gasteiger partial charge on any atom is 0.255 e. The van der Waals surface area contributed by atoms with Crippen molar-refractivity contribution in [3.05, 3.63) is 50.9 Å². The maximum absolute atomic E-state index is 12.6. The number of rotatable bonds is 2. The first-order chi connectivity index (χ1) is 9.25. The van der Waals surface area contributed by atoms with Crippen molar-refractivity contribution in [2.75, 3.05) is 6.54 Å². The zero-order chi connectivity index (χ0) is 13.2. The largest absolute Gasteiger partial charge is 0.331 e. The average Bonchev–Trinajstić information content (AvgIpc) is 3.08. The van der Waals surface area contributed by atoms with Crippen LogP contribution in [0.3, 0.4) is 0 Å². The summed E-state index contributed by atoms with van der Waals surface area (Å²) < 4.78 is 0.838. The lowest BCUT2D eigenvalue weighted by molar-refractivity contribution is 0.0737. The minimum atomic E-state index is 0.0738. The summed E-state index contributed by atoms with van der Waals surface area (Å²) in [6.07, 6.45) is 5.44. The zero-order valence-electron chi connectivity index (χ0n) is 10.3. The van der Waals surface area contributed by atoms with E-state index >= 15 is 0 Å². The monoisotopic (exact) mass is 336 g/mol. The van der Waals surface area contributed by atoms with Crippen LogP contribution in [0.1, 0.15) is 34.1 Å². The number of likely N-dealkylation sites (tertiary alicyclic amines) is 1. The Morgan fingerprint density at radius 2 is 2.37 bits per heavy atom. The fraction of sp³-hybridized carbons (Fsp3) is 0.286. The third-order valence-electron chi connectivity index (χ3n) is 3.34. The Morgan fingerprint density at radius 1 is 1.47 bits per heavy atom. The molecule has 0 aliphatic carbocycles. The van der Waals surface area contributed by atoms with Gasteiger partial charge in [-0.15, -0.1) is 11.3 Å². The normalized spacial score (nSPS) is 18.8. The smallest absolute Gasteiger partial charge is 0.255 e. The number of thiophene rings is 1. The highest BCUT2D eigenvalue weighted by atomic mass is 79.9. The van der Waals surface area contributed by atoms with Gasteiger partial charge in [-0.05, 0) is 46.3 Å². The van der Waals surface area contributed by atoms with E-state index in [1.165, 1.54) is 4.88 Å². The molecule has 0 spiro atoms. The molecule has 3 rings (SSSR count). The van der Waals surface area contributed by atoms with E-state index in [0.717, 1.165) is 23.9 Å². The quantitative estimate of drug-likeness (QED) is 0.833. The highest BCUT2D eigenvalue weighted by molar-refractivity contribution is 9.10. The molecule has 0 saturated carbocycles. The minimum Gasteiger partial charge on any atom is -0.331 e. The van der Waals surface area contributed by atoms with E-state index in [4.69, 9.17) is 0 Å². The average molecular weight is 337 g/mol. The molecule has 0 aromatic carbocycles. The van der Waals surface area contributed by atoms with Crippen LogP contribution in [-0.2, 0) is 0 Å². The molecule has 1 atom stereocenters. The molecule has 1 fully saturated rings. The van der Waals surface area contributed by atoms with Crippen molar-refractivity contribution in [2.24, 2.45) is 0 Å². The van der Waals surface area contributed by atoms with Crippen LogP contribution in [0.4, 0.5) is 0 Å². The zero-order valence-corrected chi connectivity index (χ0v) is 12.7. The van der Waals surface area contributed by atoms with Gasteiger partial charge in [0.05, 0.1) is 11.6 Å². The Hall–Kier alpha value is -1.20. The van der Waals surface area contributed by atoms with Gasteiger partial charge in [0.1, 0.15) is 0 Å². The van der Waals surface area contributed by atoms with Crippen molar-refractivity contribution in [1.82, 2.24) is 9.88 Å². The molecule has 0 radical (unpaired) electrons. The summed E-state index contributed by atoms with van der Waals surface area (Å²) in [7, 11) is 0. The number of aromatic nitrogens is 1. The molecule has 1 amide bonds. The third kappa shape index (κ3) is 2.58. The molecule has 1 aliphatic heterocycles. The lowest BCUT2D eigenvalue weighted by Gasteiger charge is -2.23. The predicted molar refractivity (Wildman–Crippen MR) is 79.3 cm³/mol. The van der Waals surface area contributed by atoms with Gasteiger partial charge >= 0.3 is 0 Å². The van der Waals surface area contributed by atoms with Gasteiger partial charge < -0.3 is 4.90 Å². The summed E-state index contributed by atoms with van der Waals surface area (Å²) in [6.45, 7) is 0.827. The predicted octanol–water partition coefficient (Wildman–Crippen LogP) is 3.88. The van der Waals surface area contributed by atoms with Crippen molar-refractivity contribution in [3.63, 3.8) is 0 Å². The molecule has 0 bridgehead atoms. The van der Waals surface area contributed by atoms with E-state index in [1.807, 2.05) is 17.0 Å². The van der Waals surface area contributed by atoms with Gasteiger partial charge in [-0.3, -0.25) is 9.78 Å². The topological polar surface area (TPSA) is 33.2 Å². The summed E-state index contributed by atoms with van der Waals surface area (Å²) in [5.74, 6) is 0.0738. The van der Waals surface area contributed by atoms with Gasteiger partial charge in [0.15, 0.2) is 0 Å². The molecular weight excluding hydrogens is 324 g/mol. The molecule has 98 valence electrons. The first-order valence-electron chi connectivity index (χ1n) is 6.20. The van der Waals surface area contributed by atoms with Crippen LogP contribution in [0.25, 0.3) is 0 Å². The highest BCUT2D eigenvalue weighted by Gasteiger charge is 2.31. The van der Waals surface area contributed by atoms with E-state index in [0.29, 0.717) is 5.56 Å². The van der Waals surface area contributed by atoms with E-state index in [-0.39, 0.29) is 11.9 Å². The molecule has 5 heteroatoms. The summed E-state index contributed by atoms with van der Waals surface area (Å²) in [6, 6.07) is 6.22. The van der Waals surface area contributed by atoms with Crippen LogP contribution in [0.15, 0.2) is 40.4 Å². The third-order valence-corrected chi connectivity index (χ3v) is 4.74. The van der Waals surface area contributed by atoms with Crippen LogP contribution in [0.5, 0.6) is 0 Å². The van der Waals surface area contributed by atoms with Crippen LogP contribution < -0.4 is 0 Å². The Morgan fingerprint density at radius 3 is 3.11 bits per heavy atom. The van der Waals surface area contributed by atoms with Crippen LogP contribution >= 0.6 is 27.3 Å². The number of nitrogens with zero attached hydrogens (tertiary/aromatic N) is 2. The second-order valence-electron chi connectivity index (χ2n) is 4.56. The van der Waals surface area contributed by atoms with Crippen molar-refractivity contribution in [1.29, 1.82) is 0 Å². The van der Waals surface area contributed by atoms with Gasteiger partial charge in [0.25, 0.3) is 5.91 Å². The van der Waals surface area contributed by atoms with Crippen LogP contribution in [0, 0.1) is 0 Å². The molecule has 2 aromatic rings. The van der Waals surface area contributed by atoms with Crippen molar-refractivity contribution in [3.8, 4) is 0 Å². The molecule has 0 N–H and O–H groups in total. The van der Waals surface area contributed by atoms with Gasteiger partial charge in [0.2, 0.25) is 0 Å². The summed E-state index contributed by atoms with van der Waals surface area (Å²) in [5.41, 5.74) is 0.651.